The minimum absolute atomic E-state index is 0.113. The molecule has 3 N–H and O–H groups in total. The Labute approximate surface area is 307 Å². The number of imide groups is 1. The van der Waals surface area contributed by atoms with Gasteiger partial charge in [0.15, 0.2) is 5.78 Å². The summed E-state index contributed by atoms with van der Waals surface area (Å²) in [5, 5.41) is 2.77. The van der Waals surface area contributed by atoms with E-state index >= 15 is 4.39 Å². The number of amides is 4. The fourth-order valence-electron chi connectivity index (χ4n) is 6.12. The molecule has 1 aliphatic rings. The fraction of sp³-hybridized carbons (Fsp3) is 0.410. The van der Waals surface area contributed by atoms with Crippen LogP contribution in [-0.4, -0.2) is 81.5 Å². The monoisotopic (exact) mass is 735 g/mol. The zero-order chi connectivity index (χ0) is 37.8. The summed E-state index contributed by atoms with van der Waals surface area (Å²) < 4.78 is 31.3. The van der Waals surface area contributed by atoms with Crippen LogP contribution in [0.3, 0.4) is 0 Å². The van der Waals surface area contributed by atoms with Gasteiger partial charge in [-0.15, -0.1) is 0 Å². The van der Waals surface area contributed by atoms with Crippen molar-refractivity contribution in [2.24, 2.45) is 11.1 Å². The van der Waals surface area contributed by atoms with Crippen LogP contribution in [0.2, 0.25) is 0 Å². The second-order valence-electron chi connectivity index (χ2n) is 13.8. The van der Waals surface area contributed by atoms with Gasteiger partial charge in [-0.2, -0.15) is 11.8 Å². The minimum atomic E-state index is -0.551. The van der Waals surface area contributed by atoms with Crippen LogP contribution in [0.5, 0.6) is 0 Å². The van der Waals surface area contributed by atoms with Crippen molar-refractivity contribution in [3.8, 4) is 11.1 Å². The quantitative estimate of drug-likeness (QED) is 0.127. The molecule has 0 saturated heterocycles. The van der Waals surface area contributed by atoms with Crippen LogP contribution in [0.4, 0.5) is 8.78 Å². The summed E-state index contributed by atoms with van der Waals surface area (Å²) in [4.78, 5) is 64.6. The van der Waals surface area contributed by atoms with Gasteiger partial charge in [0.1, 0.15) is 11.6 Å². The van der Waals surface area contributed by atoms with Crippen LogP contribution in [-0.2, 0) is 30.5 Å². The number of hydrogen-bond acceptors (Lipinski definition) is 7. The topological polar surface area (TPSA) is 135 Å². The molecule has 2 aromatic carbocycles. The molecule has 52 heavy (non-hydrogen) atoms. The Morgan fingerprint density at radius 3 is 2.35 bits per heavy atom. The lowest BCUT2D eigenvalue weighted by Gasteiger charge is -2.41. The predicted molar refractivity (Wildman–Crippen MR) is 198 cm³/mol. The van der Waals surface area contributed by atoms with Crippen molar-refractivity contribution in [3.05, 3.63) is 95.8 Å². The minimum Gasteiger partial charge on any atom is -0.356 e. The molecule has 0 spiro atoms. The van der Waals surface area contributed by atoms with E-state index in [1.165, 1.54) is 17.8 Å². The number of halogens is 2. The van der Waals surface area contributed by atoms with E-state index in [1.54, 1.807) is 6.20 Å². The first-order chi connectivity index (χ1) is 24.8. The van der Waals surface area contributed by atoms with E-state index in [4.69, 9.17) is 5.73 Å². The molecule has 0 bridgehead atoms. The molecule has 2 heterocycles. The first-order valence-electron chi connectivity index (χ1n) is 17.4. The Morgan fingerprint density at radius 1 is 0.962 bits per heavy atom. The molecule has 13 heteroatoms. The number of aromatic nitrogens is 1. The van der Waals surface area contributed by atoms with E-state index in [9.17, 15) is 28.4 Å². The second kappa shape index (κ2) is 18.7. The SMILES string of the molecule is CC(C)(C)[C@H](c1cc(-c2cc(F)ccc2F)cn1Cc1ccccc1)N(CCCN)C(=O)CSCCC(=O)NCCCC(=O)CN1C(=O)C=CC1=O. The number of thioether (sulfide) groups is 1. The van der Waals surface area contributed by atoms with Gasteiger partial charge in [0.25, 0.3) is 11.8 Å². The maximum atomic E-state index is 15.0. The summed E-state index contributed by atoms with van der Waals surface area (Å²) in [7, 11) is 0. The molecule has 0 saturated carbocycles. The van der Waals surface area contributed by atoms with Gasteiger partial charge in [-0.1, -0.05) is 51.1 Å². The zero-order valence-electron chi connectivity index (χ0n) is 29.9. The average molecular weight is 736 g/mol. The summed E-state index contributed by atoms with van der Waals surface area (Å²) in [6.45, 7) is 7.30. The van der Waals surface area contributed by atoms with Gasteiger partial charge < -0.3 is 20.5 Å². The van der Waals surface area contributed by atoms with Crippen LogP contribution in [0, 0.1) is 17.0 Å². The molecule has 4 amide bonds. The summed E-state index contributed by atoms with van der Waals surface area (Å²) in [5.74, 6) is -2.23. The number of nitrogens with two attached hydrogens (primary N) is 1. The molecule has 3 aromatic rings. The molecule has 278 valence electrons. The van der Waals surface area contributed by atoms with E-state index in [2.05, 4.69) is 5.32 Å². The molecule has 10 nitrogen and oxygen atoms in total. The normalized spacial score (nSPS) is 13.5. The third-order valence-electron chi connectivity index (χ3n) is 8.59. The van der Waals surface area contributed by atoms with Gasteiger partial charge in [0, 0.05) is 73.4 Å². The van der Waals surface area contributed by atoms with Crippen molar-refractivity contribution in [2.75, 3.05) is 37.7 Å². The number of hydrogen-bond donors (Lipinski definition) is 2. The Bertz CT molecular complexity index is 1750. The molecule has 0 unspecified atom stereocenters. The molecule has 0 aliphatic carbocycles. The zero-order valence-corrected chi connectivity index (χ0v) is 30.7. The summed E-state index contributed by atoms with van der Waals surface area (Å²) >= 11 is 1.34. The van der Waals surface area contributed by atoms with E-state index in [0.29, 0.717) is 43.8 Å². The number of nitrogens with one attached hydrogen (secondary N) is 1. The Morgan fingerprint density at radius 2 is 1.67 bits per heavy atom. The molecule has 1 atom stereocenters. The Kier molecular flexibility index (Phi) is 14.5. The van der Waals surface area contributed by atoms with Gasteiger partial charge >= 0.3 is 0 Å². The molecule has 1 aromatic heterocycles. The van der Waals surface area contributed by atoms with E-state index < -0.39 is 34.9 Å². The number of carbonyl (C=O) groups is 5. The molecular weight excluding hydrogens is 689 g/mol. The number of benzene rings is 2. The largest absolute Gasteiger partial charge is 0.356 e. The van der Waals surface area contributed by atoms with Crippen LogP contribution in [0.25, 0.3) is 11.1 Å². The van der Waals surface area contributed by atoms with E-state index in [-0.39, 0.29) is 54.8 Å². The third-order valence-corrected chi connectivity index (χ3v) is 9.53. The number of carbonyl (C=O) groups excluding carboxylic acids is 5. The number of Topliss-reactive ketones (excluding diaryl/α,β-unsaturated/α-hetero) is 1. The fourth-order valence-corrected chi connectivity index (χ4v) is 6.94. The van der Waals surface area contributed by atoms with Crippen LogP contribution in [0.1, 0.15) is 63.8 Å². The Hall–Kier alpha value is -4.62. The molecule has 0 fully saturated rings. The first-order valence-corrected chi connectivity index (χ1v) is 18.5. The van der Waals surface area contributed by atoms with Crippen molar-refractivity contribution in [1.82, 2.24) is 19.7 Å². The van der Waals surface area contributed by atoms with Gasteiger partial charge in [0.2, 0.25) is 11.8 Å². The van der Waals surface area contributed by atoms with Crippen LogP contribution in [0.15, 0.2) is 72.9 Å². The van der Waals surface area contributed by atoms with Crippen molar-refractivity contribution in [3.63, 3.8) is 0 Å². The summed E-state index contributed by atoms with van der Waals surface area (Å²) in [6.07, 6.45) is 5.26. The van der Waals surface area contributed by atoms with Crippen molar-refractivity contribution < 1.29 is 32.8 Å². The molecule has 1 aliphatic heterocycles. The van der Waals surface area contributed by atoms with Crippen LogP contribution < -0.4 is 11.1 Å². The lowest BCUT2D eigenvalue weighted by atomic mass is 9.83. The maximum absolute atomic E-state index is 15.0. The third kappa shape index (κ3) is 11.2. The number of rotatable bonds is 19. The average Bonchev–Trinajstić information content (AvgIpc) is 3.65. The molecule has 0 radical (unpaired) electrons. The molecule has 4 rings (SSSR count). The number of nitrogens with zero attached hydrogens (tertiary/aromatic N) is 3. The highest BCUT2D eigenvalue weighted by atomic mass is 32.2. The van der Waals surface area contributed by atoms with Gasteiger partial charge in [0.05, 0.1) is 18.3 Å². The maximum Gasteiger partial charge on any atom is 0.254 e. The van der Waals surface area contributed by atoms with E-state index in [1.807, 2.05) is 66.6 Å². The van der Waals surface area contributed by atoms with Crippen molar-refractivity contribution in [2.45, 2.75) is 59.0 Å². The van der Waals surface area contributed by atoms with Gasteiger partial charge in [-0.05, 0) is 54.6 Å². The van der Waals surface area contributed by atoms with Crippen molar-refractivity contribution in [1.29, 1.82) is 0 Å². The first kappa shape index (κ1) is 40.2. The van der Waals surface area contributed by atoms with E-state index in [0.717, 1.165) is 40.4 Å². The molecular formula is C39H47F2N5O5S. The Balaban J connectivity index is 1.41. The lowest BCUT2D eigenvalue weighted by molar-refractivity contribution is -0.140. The van der Waals surface area contributed by atoms with Gasteiger partial charge in [-0.3, -0.25) is 28.9 Å². The standard InChI is InChI=1S/C39H47F2N5O5S/c1-39(2,3)38(33-21-28(31-22-29(40)12-13-32(31)41)24-44(33)23-27-9-5-4-6-10-27)45(19-8-17-42)37(51)26-52-20-16-34(48)43-18-7-11-30(47)25-46-35(49)14-15-36(46)50/h4-6,9-10,12-15,21-22,24,38H,7-8,11,16-20,23,25-26,42H2,1-3H3,(H,43,48)/t38-/m0/s1. The number of ketones is 1. The predicted octanol–water partition coefficient (Wildman–Crippen LogP) is 5.26. The highest BCUT2D eigenvalue weighted by Gasteiger charge is 2.37. The van der Waals surface area contributed by atoms with Crippen LogP contribution >= 0.6 is 11.8 Å². The highest BCUT2D eigenvalue weighted by molar-refractivity contribution is 7.99. The van der Waals surface area contributed by atoms with Gasteiger partial charge in [-0.25, -0.2) is 8.78 Å². The van der Waals surface area contributed by atoms with Crippen molar-refractivity contribution >= 4 is 41.2 Å². The summed E-state index contributed by atoms with van der Waals surface area (Å²) in [5.41, 5.74) is 7.86. The highest BCUT2D eigenvalue weighted by Crippen LogP contribution is 2.41. The smallest absolute Gasteiger partial charge is 0.254 e. The lowest BCUT2D eigenvalue weighted by Crippen LogP contribution is -2.44. The second-order valence-corrected chi connectivity index (χ2v) is 14.9. The summed E-state index contributed by atoms with van der Waals surface area (Å²) in [6, 6.07) is 14.5.